The normalized spacial score (nSPS) is 15.0. The van der Waals surface area contributed by atoms with Gasteiger partial charge < -0.3 is 10.1 Å². The van der Waals surface area contributed by atoms with E-state index in [1.807, 2.05) is 28.9 Å². The summed E-state index contributed by atoms with van der Waals surface area (Å²) in [6.07, 6.45) is 1.06. The van der Waals surface area contributed by atoms with Crippen LogP contribution < -0.4 is 10.1 Å². The zero-order valence-corrected chi connectivity index (χ0v) is 15.1. The second-order valence-electron chi connectivity index (χ2n) is 6.20. The number of hydrogen-bond donors (Lipinski definition) is 1. The number of rotatable bonds is 3. The first-order chi connectivity index (χ1) is 12.8. The molecule has 1 aromatic heterocycles. The molecule has 0 fully saturated rings. The average Bonchev–Trinajstić information content (AvgIpc) is 3.33. The van der Waals surface area contributed by atoms with Crippen molar-refractivity contribution < 1.29 is 4.74 Å². The minimum atomic E-state index is 0.699. The zero-order chi connectivity index (χ0) is 17.5. The molecular formula is C19H17N5OS. The van der Waals surface area contributed by atoms with Gasteiger partial charge in [0, 0.05) is 18.0 Å². The second kappa shape index (κ2) is 6.17. The fraction of sp³-hybridized carbons (Fsp3) is 0.211. The third-order valence-electron chi connectivity index (χ3n) is 4.67. The van der Waals surface area contributed by atoms with Gasteiger partial charge in [0.05, 0.1) is 18.4 Å². The fourth-order valence-corrected chi connectivity index (χ4v) is 4.19. The number of ether oxygens (including phenoxy) is 1. The number of nitrogens with zero attached hydrogens (tertiary/aromatic N) is 4. The highest BCUT2D eigenvalue weighted by Gasteiger charge is 2.23. The largest absolute Gasteiger partial charge is 0.496 e. The highest BCUT2D eigenvalue weighted by Crippen LogP contribution is 2.33. The number of nitrogens with one attached hydrogen (secondary N) is 1. The number of thioether (sulfide) groups is 1. The van der Waals surface area contributed by atoms with Gasteiger partial charge in [0.1, 0.15) is 5.75 Å². The first-order valence-electron chi connectivity index (χ1n) is 8.50. The third-order valence-corrected chi connectivity index (χ3v) is 5.60. The molecular weight excluding hydrogens is 346 g/mol. The Hall–Kier alpha value is -2.80. The average molecular weight is 363 g/mol. The second-order valence-corrected chi connectivity index (χ2v) is 7.14. The lowest BCUT2D eigenvalue weighted by Gasteiger charge is -2.15. The van der Waals surface area contributed by atoms with Gasteiger partial charge in [-0.3, -0.25) is 0 Å². The molecule has 0 saturated heterocycles. The lowest BCUT2D eigenvalue weighted by Crippen LogP contribution is -2.14. The fourth-order valence-electron chi connectivity index (χ4n) is 3.35. The van der Waals surface area contributed by atoms with E-state index in [2.05, 4.69) is 33.7 Å². The molecule has 0 atom stereocenters. The summed E-state index contributed by atoms with van der Waals surface area (Å²) in [5.41, 5.74) is 5.67. The number of hydrogen-bond acceptors (Lipinski definition) is 6. The van der Waals surface area contributed by atoms with Crippen molar-refractivity contribution in [3.8, 4) is 17.1 Å². The summed E-state index contributed by atoms with van der Waals surface area (Å²) >= 11 is 1.66. The summed E-state index contributed by atoms with van der Waals surface area (Å²) in [5.74, 6) is 2.25. The maximum Gasteiger partial charge on any atom is 0.212 e. The lowest BCUT2D eigenvalue weighted by molar-refractivity contribution is 0.416. The lowest BCUT2D eigenvalue weighted by atomic mass is 10.1. The van der Waals surface area contributed by atoms with Gasteiger partial charge in [0.2, 0.25) is 5.16 Å². The Balaban J connectivity index is 1.59. The maximum atomic E-state index is 5.48. The quantitative estimate of drug-likeness (QED) is 0.774. The standard InChI is InChI=1S/C19H17N5OS/c1-25-17-5-3-2-4-14(17)18-21-22-19-24(18)23-16(11-26-19)12-6-7-15-13(10-12)8-9-20-15/h2-7,10,20H,8-9,11H2,1H3. The highest BCUT2D eigenvalue weighted by atomic mass is 32.2. The van der Waals surface area contributed by atoms with E-state index in [1.165, 1.54) is 11.3 Å². The SMILES string of the molecule is COc1ccccc1-c1nnc2n1N=C(c1ccc3c(c1)CCN3)CS2. The molecule has 7 heteroatoms. The number of aromatic nitrogens is 3. The van der Waals surface area contributed by atoms with E-state index in [1.54, 1.807) is 18.9 Å². The van der Waals surface area contributed by atoms with Crippen LogP contribution in [-0.2, 0) is 6.42 Å². The Morgan fingerprint density at radius 3 is 3.00 bits per heavy atom. The smallest absolute Gasteiger partial charge is 0.212 e. The Morgan fingerprint density at radius 1 is 1.15 bits per heavy atom. The number of para-hydroxylation sites is 1. The predicted octanol–water partition coefficient (Wildman–Crippen LogP) is 3.28. The summed E-state index contributed by atoms with van der Waals surface area (Å²) in [6.45, 7) is 1.01. The minimum Gasteiger partial charge on any atom is -0.496 e. The topological polar surface area (TPSA) is 64.3 Å². The van der Waals surface area contributed by atoms with Crippen LogP contribution in [0.4, 0.5) is 5.69 Å². The van der Waals surface area contributed by atoms with Gasteiger partial charge in [0.25, 0.3) is 0 Å². The molecule has 0 saturated carbocycles. The summed E-state index contributed by atoms with van der Waals surface area (Å²) < 4.78 is 7.30. The van der Waals surface area contributed by atoms with Gasteiger partial charge in [-0.25, -0.2) is 0 Å². The number of fused-ring (bicyclic) bond motifs is 2. The van der Waals surface area contributed by atoms with E-state index < -0.39 is 0 Å². The van der Waals surface area contributed by atoms with Gasteiger partial charge in [-0.15, -0.1) is 10.2 Å². The predicted molar refractivity (Wildman–Crippen MR) is 103 cm³/mol. The molecule has 2 aliphatic rings. The van der Waals surface area contributed by atoms with Crippen molar-refractivity contribution in [1.29, 1.82) is 0 Å². The molecule has 3 aromatic rings. The van der Waals surface area contributed by atoms with Gasteiger partial charge >= 0.3 is 0 Å². The van der Waals surface area contributed by atoms with Gasteiger partial charge in [-0.05, 0) is 41.8 Å². The third kappa shape index (κ3) is 2.47. The van der Waals surface area contributed by atoms with Gasteiger partial charge in [-0.1, -0.05) is 30.0 Å². The summed E-state index contributed by atoms with van der Waals surface area (Å²) in [7, 11) is 1.66. The van der Waals surface area contributed by atoms with E-state index >= 15 is 0 Å². The van der Waals surface area contributed by atoms with Crippen molar-refractivity contribution in [2.75, 3.05) is 24.7 Å². The molecule has 0 bridgehead atoms. The summed E-state index contributed by atoms with van der Waals surface area (Å²) in [4.78, 5) is 0. The molecule has 0 radical (unpaired) electrons. The van der Waals surface area contributed by atoms with Crippen LogP contribution in [0.1, 0.15) is 11.1 Å². The first-order valence-corrected chi connectivity index (χ1v) is 9.48. The summed E-state index contributed by atoms with van der Waals surface area (Å²) in [5, 5.41) is 17.7. The zero-order valence-electron chi connectivity index (χ0n) is 14.3. The van der Waals surface area contributed by atoms with Crippen LogP contribution in [0.5, 0.6) is 5.75 Å². The molecule has 6 nitrogen and oxygen atoms in total. The van der Waals surface area contributed by atoms with Crippen LogP contribution in [0.3, 0.4) is 0 Å². The number of methoxy groups -OCH3 is 1. The molecule has 130 valence electrons. The van der Waals surface area contributed by atoms with Crippen LogP contribution in [0.2, 0.25) is 0 Å². The van der Waals surface area contributed by atoms with Crippen molar-refractivity contribution in [2.45, 2.75) is 11.6 Å². The van der Waals surface area contributed by atoms with Crippen molar-refractivity contribution in [3.63, 3.8) is 0 Å². The molecule has 26 heavy (non-hydrogen) atoms. The maximum absolute atomic E-state index is 5.48. The van der Waals surface area contributed by atoms with Crippen molar-refractivity contribution in [3.05, 3.63) is 53.6 Å². The van der Waals surface area contributed by atoms with Gasteiger partial charge in [0.15, 0.2) is 5.82 Å². The van der Waals surface area contributed by atoms with E-state index in [9.17, 15) is 0 Å². The molecule has 0 unspecified atom stereocenters. The van der Waals surface area contributed by atoms with E-state index in [0.717, 1.165) is 46.5 Å². The highest BCUT2D eigenvalue weighted by molar-refractivity contribution is 7.99. The van der Waals surface area contributed by atoms with Crippen LogP contribution in [-0.4, -0.2) is 40.0 Å². The van der Waals surface area contributed by atoms with Gasteiger partial charge in [-0.2, -0.15) is 9.78 Å². The Morgan fingerprint density at radius 2 is 2.08 bits per heavy atom. The molecule has 0 amide bonds. The van der Waals surface area contributed by atoms with E-state index in [0.29, 0.717) is 5.82 Å². The van der Waals surface area contributed by atoms with Crippen LogP contribution in [0.15, 0.2) is 52.7 Å². The molecule has 0 aliphatic carbocycles. The van der Waals surface area contributed by atoms with Crippen LogP contribution >= 0.6 is 11.8 Å². The molecule has 3 heterocycles. The minimum absolute atomic E-state index is 0.699. The number of benzene rings is 2. The Bertz CT molecular complexity index is 1030. The molecule has 2 aromatic carbocycles. The van der Waals surface area contributed by atoms with Crippen molar-refractivity contribution in [2.24, 2.45) is 5.10 Å². The molecule has 1 N–H and O–H groups in total. The first kappa shape index (κ1) is 15.5. The van der Waals surface area contributed by atoms with Crippen LogP contribution in [0, 0.1) is 0 Å². The molecule has 2 aliphatic heterocycles. The molecule has 0 spiro atoms. The van der Waals surface area contributed by atoms with E-state index in [-0.39, 0.29) is 0 Å². The number of anilines is 1. The monoisotopic (exact) mass is 363 g/mol. The van der Waals surface area contributed by atoms with Crippen molar-refractivity contribution >= 4 is 23.2 Å². The summed E-state index contributed by atoms with van der Waals surface area (Å²) in [6, 6.07) is 14.3. The van der Waals surface area contributed by atoms with Crippen molar-refractivity contribution in [1.82, 2.24) is 14.9 Å². The molecule has 5 rings (SSSR count). The van der Waals surface area contributed by atoms with Crippen LogP contribution in [0.25, 0.3) is 11.4 Å². The van der Waals surface area contributed by atoms with E-state index in [4.69, 9.17) is 9.84 Å². The Labute approximate surface area is 155 Å². The Kier molecular flexibility index (Phi) is 3.67.